The Morgan fingerprint density at radius 3 is 2.47 bits per heavy atom. The third kappa shape index (κ3) is 3.68. The maximum absolute atomic E-state index is 13.0. The summed E-state index contributed by atoms with van der Waals surface area (Å²) in [4.78, 5) is 24.1. The third-order valence-corrected chi connectivity index (χ3v) is 6.07. The number of ketones is 1. The number of carbonyl (C=O) groups excluding carboxylic acids is 2. The topological polar surface area (TPSA) is 76.4 Å². The van der Waals surface area contributed by atoms with Gasteiger partial charge in [-0.3, -0.25) is 14.0 Å². The normalized spacial score (nSPS) is 12.3. The average molecular weight is 419 g/mol. The highest BCUT2D eigenvalue weighted by Crippen LogP contribution is 2.30. The largest absolute Gasteiger partial charge is 0.326 e. The van der Waals surface area contributed by atoms with Crippen LogP contribution in [0.1, 0.15) is 35.3 Å². The van der Waals surface area contributed by atoms with Crippen molar-refractivity contribution in [1.82, 2.24) is 14.6 Å². The van der Waals surface area contributed by atoms with E-state index in [2.05, 4.69) is 41.5 Å². The first-order valence-electron chi connectivity index (χ1n) is 9.67. The van der Waals surface area contributed by atoms with Crippen LogP contribution in [0.5, 0.6) is 0 Å². The summed E-state index contributed by atoms with van der Waals surface area (Å²) in [5.74, 6) is -0.145. The van der Waals surface area contributed by atoms with Crippen molar-refractivity contribution < 1.29 is 9.59 Å². The number of nitrogens with zero attached hydrogens (tertiary/aromatic N) is 3. The van der Waals surface area contributed by atoms with Gasteiger partial charge in [-0.1, -0.05) is 30.0 Å². The second-order valence-electron chi connectivity index (χ2n) is 7.36. The first-order chi connectivity index (χ1) is 14.3. The molecule has 0 aliphatic heterocycles. The number of para-hydroxylation sites is 1. The van der Waals surface area contributed by atoms with Gasteiger partial charge in [0.05, 0.1) is 10.8 Å². The van der Waals surface area contributed by atoms with Crippen LogP contribution in [0.3, 0.4) is 0 Å². The number of aryl methyl sites for hydroxylation is 2. The van der Waals surface area contributed by atoms with Gasteiger partial charge in [0.2, 0.25) is 5.91 Å². The van der Waals surface area contributed by atoms with E-state index in [-0.39, 0.29) is 16.9 Å². The van der Waals surface area contributed by atoms with Gasteiger partial charge in [-0.25, -0.2) is 0 Å². The van der Waals surface area contributed by atoms with Gasteiger partial charge in [0.25, 0.3) is 0 Å². The highest BCUT2D eigenvalue weighted by Gasteiger charge is 2.21. The molecule has 0 saturated carbocycles. The Labute approximate surface area is 178 Å². The molecule has 0 aliphatic rings. The third-order valence-electron chi connectivity index (χ3n) is 5.03. The maximum atomic E-state index is 13.0. The molecule has 0 radical (unpaired) electrons. The summed E-state index contributed by atoms with van der Waals surface area (Å²) in [6.45, 7) is 7.47. The van der Waals surface area contributed by atoms with Crippen molar-refractivity contribution in [3.05, 3.63) is 65.2 Å². The zero-order valence-corrected chi connectivity index (χ0v) is 18.1. The van der Waals surface area contributed by atoms with Crippen molar-refractivity contribution in [3.63, 3.8) is 0 Å². The molecule has 1 amide bonds. The number of rotatable bonds is 5. The Morgan fingerprint density at radius 2 is 1.77 bits per heavy atom. The van der Waals surface area contributed by atoms with Gasteiger partial charge >= 0.3 is 0 Å². The lowest BCUT2D eigenvalue weighted by molar-refractivity contribution is -0.114. The van der Waals surface area contributed by atoms with Gasteiger partial charge in [-0.15, -0.1) is 10.2 Å². The van der Waals surface area contributed by atoms with E-state index in [0.717, 1.165) is 27.7 Å². The Kier molecular flexibility index (Phi) is 5.30. The fraction of sp³-hybridized carbons (Fsp3) is 0.217. The number of thioether (sulfide) groups is 1. The molecular formula is C23H22N4O2S. The molecule has 1 N–H and O–H groups in total. The van der Waals surface area contributed by atoms with E-state index >= 15 is 0 Å². The summed E-state index contributed by atoms with van der Waals surface area (Å²) in [7, 11) is 0. The molecule has 2 aromatic heterocycles. The monoisotopic (exact) mass is 418 g/mol. The fourth-order valence-corrected chi connectivity index (χ4v) is 4.51. The van der Waals surface area contributed by atoms with E-state index in [1.165, 1.54) is 18.7 Å². The molecular weight excluding hydrogens is 396 g/mol. The molecule has 4 rings (SSSR count). The molecule has 30 heavy (non-hydrogen) atoms. The van der Waals surface area contributed by atoms with Crippen LogP contribution >= 0.6 is 11.8 Å². The minimum atomic E-state index is -0.343. The van der Waals surface area contributed by atoms with Crippen molar-refractivity contribution in [2.75, 3.05) is 5.32 Å². The molecule has 6 nitrogen and oxygen atoms in total. The number of pyridine rings is 1. The van der Waals surface area contributed by atoms with Crippen LogP contribution in [-0.2, 0) is 4.79 Å². The SMILES string of the molecule is CC(=O)Nc1ccc(C(=O)C(C)Sc2nnc3cc(C)c4cccc(C)c4n23)cc1. The summed E-state index contributed by atoms with van der Waals surface area (Å²) >= 11 is 1.40. The zero-order valence-electron chi connectivity index (χ0n) is 17.3. The molecule has 4 aromatic rings. The molecule has 0 spiro atoms. The lowest BCUT2D eigenvalue weighted by Crippen LogP contribution is -2.14. The molecule has 2 aromatic carbocycles. The van der Waals surface area contributed by atoms with Crippen LogP contribution in [-0.4, -0.2) is 31.5 Å². The van der Waals surface area contributed by atoms with E-state index in [1.54, 1.807) is 24.3 Å². The van der Waals surface area contributed by atoms with Crippen LogP contribution in [0.25, 0.3) is 16.6 Å². The van der Waals surface area contributed by atoms with Crippen LogP contribution in [0.2, 0.25) is 0 Å². The van der Waals surface area contributed by atoms with Crippen molar-refractivity contribution in [2.45, 2.75) is 38.1 Å². The van der Waals surface area contributed by atoms with Gasteiger partial charge in [-0.2, -0.15) is 0 Å². The quantitative estimate of drug-likeness (QED) is 0.371. The maximum Gasteiger partial charge on any atom is 0.221 e. The molecule has 2 heterocycles. The van der Waals surface area contributed by atoms with Crippen LogP contribution < -0.4 is 5.32 Å². The highest BCUT2D eigenvalue weighted by molar-refractivity contribution is 8.00. The first kappa shape index (κ1) is 20.1. The molecule has 1 unspecified atom stereocenters. The summed E-state index contributed by atoms with van der Waals surface area (Å²) in [6.07, 6.45) is 0. The van der Waals surface area contributed by atoms with Crippen LogP contribution in [0.4, 0.5) is 5.69 Å². The predicted octanol–water partition coefficient (Wildman–Crippen LogP) is 4.82. The van der Waals surface area contributed by atoms with Gasteiger partial charge in [0, 0.05) is 23.6 Å². The second kappa shape index (κ2) is 7.91. The first-order valence-corrected chi connectivity index (χ1v) is 10.6. The summed E-state index contributed by atoms with van der Waals surface area (Å²) in [5, 5.41) is 12.9. The Balaban J connectivity index is 1.66. The minimum absolute atomic E-state index is 0.000681. The minimum Gasteiger partial charge on any atom is -0.326 e. The summed E-state index contributed by atoms with van der Waals surface area (Å²) in [6, 6.07) is 15.2. The van der Waals surface area contributed by atoms with Gasteiger partial charge in [-0.05, 0) is 62.2 Å². The van der Waals surface area contributed by atoms with Crippen LogP contribution in [0, 0.1) is 13.8 Å². The van der Waals surface area contributed by atoms with Gasteiger partial charge in [0.15, 0.2) is 16.6 Å². The summed E-state index contributed by atoms with van der Waals surface area (Å²) in [5.41, 5.74) is 5.38. The van der Waals surface area contributed by atoms with E-state index in [4.69, 9.17) is 0 Å². The number of nitrogens with one attached hydrogen (secondary N) is 1. The predicted molar refractivity (Wildman–Crippen MR) is 120 cm³/mol. The lowest BCUT2D eigenvalue weighted by atomic mass is 10.1. The molecule has 7 heteroatoms. The standard InChI is InChI=1S/C23H22N4O2S/c1-13-6-5-7-19-14(2)12-20-25-26-23(27(20)21(13)19)30-15(3)22(29)17-8-10-18(11-9-17)24-16(4)28/h5-12,15H,1-4H3,(H,24,28). The number of Topliss-reactive ketones (excluding diaryl/α,β-unsaturated/α-hetero) is 1. The number of fused-ring (bicyclic) bond motifs is 3. The van der Waals surface area contributed by atoms with Gasteiger partial charge in [0.1, 0.15) is 0 Å². The average Bonchev–Trinajstić information content (AvgIpc) is 3.10. The summed E-state index contributed by atoms with van der Waals surface area (Å²) < 4.78 is 2.03. The molecule has 0 bridgehead atoms. The van der Waals surface area contributed by atoms with Crippen LogP contribution in [0.15, 0.2) is 53.7 Å². The fourth-order valence-electron chi connectivity index (χ4n) is 3.57. The highest BCUT2D eigenvalue weighted by atomic mass is 32.2. The Hall–Kier alpha value is -3.19. The van der Waals surface area contributed by atoms with E-state index in [1.807, 2.05) is 23.5 Å². The molecule has 1 atom stereocenters. The zero-order chi connectivity index (χ0) is 21.4. The van der Waals surface area contributed by atoms with Crippen molar-refractivity contribution in [2.24, 2.45) is 0 Å². The lowest BCUT2D eigenvalue weighted by Gasteiger charge is -2.12. The van der Waals surface area contributed by atoms with Crippen molar-refractivity contribution in [3.8, 4) is 0 Å². The van der Waals surface area contributed by atoms with Gasteiger partial charge < -0.3 is 5.32 Å². The van der Waals surface area contributed by atoms with E-state index < -0.39 is 0 Å². The van der Waals surface area contributed by atoms with Crippen molar-refractivity contribution in [1.29, 1.82) is 0 Å². The number of anilines is 1. The second-order valence-corrected chi connectivity index (χ2v) is 8.67. The number of benzene rings is 2. The molecule has 152 valence electrons. The number of amides is 1. The number of carbonyl (C=O) groups is 2. The molecule has 0 saturated heterocycles. The Bertz CT molecular complexity index is 1280. The Morgan fingerprint density at radius 1 is 1.03 bits per heavy atom. The molecule has 0 fully saturated rings. The number of hydrogen-bond acceptors (Lipinski definition) is 5. The number of hydrogen-bond donors (Lipinski definition) is 1. The van der Waals surface area contributed by atoms with E-state index in [0.29, 0.717) is 16.4 Å². The van der Waals surface area contributed by atoms with E-state index in [9.17, 15) is 9.59 Å². The van der Waals surface area contributed by atoms with Crippen molar-refractivity contribution >= 4 is 45.7 Å². The molecule has 0 aliphatic carbocycles. The number of aromatic nitrogens is 3. The smallest absolute Gasteiger partial charge is 0.221 e.